The Bertz CT molecular complexity index is 83.0. The molecule has 9 heavy (non-hydrogen) atoms. The van der Waals surface area contributed by atoms with Crippen molar-refractivity contribution in [2.75, 3.05) is 20.3 Å². The van der Waals surface area contributed by atoms with Crippen LogP contribution in [-0.2, 0) is 9.47 Å². The number of rotatable bonds is 1. The second kappa shape index (κ2) is 3.37. The Kier molecular flexibility index (Phi) is 2.72. The van der Waals surface area contributed by atoms with Crippen LogP contribution in [0.15, 0.2) is 0 Å². The lowest BCUT2D eigenvalue weighted by Gasteiger charge is -2.25. The Labute approximate surface area is 59.3 Å². The van der Waals surface area contributed by atoms with Gasteiger partial charge in [0, 0.05) is 13.7 Å². The van der Waals surface area contributed by atoms with E-state index in [9.17, 15) is 0 Å². The maximum atomic E-state index is 5.65. The first-order valence-corrected chi connectivity index (χ1v) is 3.28. The molecule has 1 N–H and O–H groups in total. The summed E-state index contributed by atoms with van der Waals surface area (Å²) >= 11 is 5.65. The third-order valence-electron chi connectivity index (χ3n) is 1.20. The molecule has 3 nitrogen and oxygen atoms in total. The van der Waals surface area contributed by atoms with Gasteiger partial charge in [0.25, 0.3) is 0 Å². The molecule has 2 unspecified atom stereocenters. The van der Waals surface area contributed by atoms with Crippen molar-refractivity contribution in [1.82, 2.24) is 5.32 Å². The van der Waals surface area contributed by atoms with Gasteiger partial charge in [-0.25, -0.2) is 0 Å². The summed E-state index contributed by atoms with van der Waals surface area (Å²) in [5, 5.41) is 3.00. The number of hydrogen-bond acceptors (Lipinski definition) is 3. The highest BCUT2D eigenvalue weighted by Crippen LogP contribution is 2.03. The normalized spacial score (nSPS) is 36.7. The Morgan fingerprint density at radius 1 is 1.78 bits per heavy atom. The lowest BCUT2D eigenvalue weighted by molar-refractivity contribution is -0.139. The average molecular weight is 152 g/mol. The van der Waals surface area contributed by atoms with Gasteiger partial charge in [0.1, 0.15) is 5.50 Å². The highest BCUT2D eigenvalue weighted by molar-refractivity contribution is 6.20. The van der Waals surface area contributed by atoms with Crippen molar-refractivity contribution in [1.29, 1.82) is 0 Å². The van der Waals surface area contributed by atoms with Crippen LogP contribution in [0.1, 0.15) is 0 Å². The molecule has 1 aliphatic heterocycles. The van der Waals surface area contributed by atoms with Gasteiger partial charge in [-0.3, -0.25) is 5.32 Å². The smallest absolute Gasteiger partial charge is 0.169 e. The van der Waals surface area contributed by atoms with Crippen LogP contribution in [-0.4, -0.2) is 32.1 Å². The van der Waals surface area contributed by atoms with Crippen LogP contribution in [0, 0.1) is 0 Å². The fraction of sp³-hybridized carbons (Fsp3) is 1.00. The molecule has 0 aromatic rings. The molecule has 1 saturated heterocycles. The third kappa shape index (κ3) is 2.10. The molecule has 1 fully saturated rings. The summed E-state index contributed by atoms with van der Waals surface area (Å²) in [7, 11) is 1.61. The summed E-state index contributed by atoms with van der Waals surface area (Å²) in [6, 6.07) is 0. The molecule has 0 saturated carbocycles. The maximum absolute atomic E-state index is 5.65. The van der Waals surface area contributed by atoms with Crippen LogP contribution >= 0.6 is 11.6 Å². The van der Waals surface area contributed by atoms with E-state index in [4.69, 9.17) is 21.1 Å². The van der Waals surface area contributed by atoms with E-state index in [1.54, 1.807) is 7.11 Å². The van der Waals surface area contributed by atoms with Crippen molar-refractivity contribution >= 4 is 11.6 Å². The van der Waals surface area contributed by atoms with E-state index in [0.29, 0.717) is 13.2 Å². The molecule has 0 aliphatic carbocycles. The number of hydrogen-bond donors (Lipinski definition) is 1. The second-order valence-electron chi connectivity index (χ2n) is 1.87. The van der Waals surface area contributed by atoms with E-state index < -0.39 is 0 Å². The Morgan fingerprint density at radius 3 is 3.00 bits per heavy atom. The molecule has 0 bridgehead atoms. The Balaban J connectivity index is 2.18. The largest absolute Gasteiger partial charge is 0.355 e. The molecule has 1 aliphatic rings. The number of ether oxygens (including phenoxy) is 2. The van der Waals surface area contributed by atoms with Crippen molar-refractivity contribution in [3.05, 3.63) is 0 Å². The average Bonchev–Trinajstić information content (AvgIpc) is 1.90. The first-order chi connectivity index (χ1) is 4.33. The number of morpholine rings is 1. The van der Waals surface area contributed by atoms with Crippen LogP contribution in [0.2, 0.25) is 0 Å². The van der Waals surface area contributed by atoms with Crippen molar-refractivity contribution < 1.29 is 9.47 Å². The van der Waals surface area contributed by atoms with Gasteiger partial charge in [-0.2, -0.15) is 0 Å². The molecule has 4 heteroatoms. The summed E-state index contributed by atoms with van der Waals surface area (Å²) in [5.74, 6) is 0. The van der Waals surface area contributed by atoms with Crippen LogP contribution in [0.4, 0.5) is 0 Å². The maximum Gasteiger partial charge on any atom is 0.169 e. The Hall–Kier alpha value is 0.170. The van der Waals surface area contributed by atoms with E-state index in [2.05, 4.69) is 5.32 Å². The monoisotopic (exact) mass is 151 g/mol. The highest BCUT2D eigenvalue weighted by Gasteiger charge is 2.17. The minimum Gasteiger partial charge on any atom is -0.355 e. The van der Waals surface area contributed by atoms with Gasteiger partial charge in [0.15, 0.2) is 6.29 Å². The predicted octanol–water partition coefficient (Wildman–Crippen LogP) is 0.144. The SMILES string of the molecule is COC1CNC(Cl)CO1. The molecule has 54 valence electrons. The summed E-state index contributed by atoms with van der Waals surface area (Å²) in [5.41, 5.74) is -0.0589. The second-order valence-corrected chi connectivity index (χ2v) is 2.40. The van der Waals surface area contributed by atoms with Crippen molar-refractivity contribution in [3.63, 3.8) is 0 Å². The Morgan fingerprint density at radius 2 is 2.56 bits per heavy atom. The van der Waals surface area contributed by atoms with Crippen LogP contribution in [0.3, 0.4) is 0 Å². The van der Waals surface area contributed by atoms with Crippen molar-refractivity contribution in [3.8, 4) is 0 Å². The molecular weight excluding hydrogens is 142 g/mol. The third-order valence-corrected chi connectivity index (χ3v) is 1.48. The first kappa shape index (κ1) is 7.28. The van der Waals surface area contributed by atoms with E-state index in [-0.39, 0.29) is 11.8 Å². The van der Waals surface area contributed by atoms with Gasteiger partial charge < -0.3 is 9.47 Å². The van der Waals surface area contributed by atoms with Gasteiger partial charge in [-0.05, 0) is 0 Å². The first-order valence-electron chi connectivity index (χ1n) is 2.85. The van der Waals surface area contributed by atoms with E-state index in [0.717, 1.165) is 0 Å². The number of methoxy groups -OCH3 is 1. The number of alkyl halides is 1. The molecule has 2 atom stereocenters. The zero-order valence-electron chi connectivity index (χ0n) is 5.26. The quantitative estimate of drug-likeness (QED) is 0.427. The lowest BCUT2D eigenvalue weighted by atomic mass is 10.5. The fourth-order valence-corrected chi connectivity index (χ4v) is 0.847. The van der Waals surface area contributed by atoms with Crippen molar-refractivity contribution in [2.24, 2.45) is 0 Å². The van der Waals surface area contributed by atoms with Gasteiger partial charge in [0.2, 0.25) is 0 Å². The van der Waals surface area contributed by atoms with E-state index in [1.165, 1.54) is 0 Å². The highest BCUT2D eigenvalue weighted by atomic mass is 35.5. The van der Waals surface area contributed by atoms with Gasteiger partial charge in [-0.15, -0.1) is 11.6 Å². The van der Waals surface area contributed by atoms with Crippen LogP contribution in [0.5, 0.6) is 0 Å². The molecule has 0 radical (unpaired) electrons. The minimum absolute atomic E-state index is 0.0589. The number of halogens is 1. The standard InChI is InChI=1S/C5H10ClNO2/c1-8-5-2-7-4(6)3-9-5/h4-5,7H,2-3H2,1H3. The molecule has 0 aromatic heterocycles. The zero-order chi connectivity index (χ0) is 6.69. The van der Waals surface area contributed by atoms with Gasteiger partial charge in [0.05, 0.1) is 6.61 Å². The topological polar surface area (TPSA) is 30.5 Å². The molecule has 0 amide bonds. The molecule has 0 spiro atoms. The fourth-order valence-electron chi connectivity index (χ4n) is 0.685. The van der Waals surface area contributed by atoms with Gasteiger partial charge >= 0.3 is 0 Å². The summed E-state index contributed by atoms with van der Waals surface area (Å²) in [6.07, 6.45) is -0.125. The minimum atomic E-state index is -0.125. The molecule has 1 heterocycles. The van der Waals surface area contributed by atoms with E-state index in [1.807, 2.05) is 0 Å². The molecule has 0 aromatic carbocycles. The van der Waals surface area contributed by atoms with Crippen LogP contribution < -0.4 is 5.32 Å². The summed E-state index contributed by atoms with van der Waals surface area (Å²) < 4.78 is 10.0. The summed E-state index contributed by atoms with van der Waals surface area (Å²) in [6.45, 7) is 1.19. The lowest BCUT2D eigenvalue weighted by Crippen LogP contribution is -2.44. The zero-order valence-corrected chi connectivity index (χ0v) is 6.02. The predicted molar refractivity (Wildman–Crippen MR) is 34.4 cm³/mol. The van der Waals surface area contributed by atoms with Gasteiger partial charge in [-0.1, -0.05) is 0 Å². The van der Waals surface area contributed by atoms with Crippen LogP contribution in [0.25, 0.3) is 0 Å². The summed E-state index contributed by atoms with van der Waals surface area (Å²) in [4.78, 5) is 0. The molecule has 1 rings (SSSR count). The van der Waals surface area contributed by atoms with E-state index >= 15 is 0 Å². The molecular formula is C5H10ClNO2. The van der Waals surface area contributed by atoms with Crippen molar-refractivity contribution in [2.45, 2.75) is 11.8 Å². The number of nitrogens with one attached hydrogen (secondary N) is 1.